The van der Waals surface area contributed by atoms with E-state index in [2.05, 4.69) is 9.47 Å². The number of hydrogen-bond donors (Lipinski definition) is 0. The molecule has 0 aromatic rings. The van der Waals surface area contributed by atoms with Gasteiger partial charge in [-0.2, -0.15) is 0 Å². The lowest BCUT2D eigenvalue weighted by Crippen LogP contribution is -2.54. The van der Waals surface area contributed by atoms with Crippen LogP contribution in [-0.2, 0) is 28.7 Å². The first-order chi connectivity index (χ1) is 7.25. The van der Waals surface area contributed by atoms with Gasteiger partial charge in [0.1, 0.15) is 0 Å². The number of hydrogen-bond acceptors (Lipinski definition) is 8. The Balaban J connectivity index is 4.93. The van der Waals surface area contributed by atoms with Gasteiger partial charge < -0.3 is 29.3 Å². The molecule has 2 unspecified atom stereocenters. The number of carboxylic acid groups (broad SMARTS) is 2. The zero-order valence-electron chi connectivity index (χ0n) is 8.42. The first-order valence-corrected chi connectivity index (χ1v) is 4.02. The van der Waals surface area contributed by atoms with E-state index in [0.29, 0.717) is 0 Å². The fourth-order valence-corrected chi connectivity index (χ4v) is 0.825. The molecule has 0 rings (SSSR count). The molecule has 0 radical (unpaired) electrons. The zero-order chi connectivity index (χ0) is 12.9. The van der Waals surface area contributed by atoms with Gasteiger partial charge in [-0.05, 0) is 0 Å². The average molecular weight is 232 g/mol. The summed E-state index contributed by atoms with van der Waals surface area (Å²) in [5.74, 6) is -6.14. The SMILES string of the molecule is CC(=O)OC(C(=O)[O-])C(OC(C)=O)C(=O)[O-]. The van der Waals surface area contributed by atoms with Crippen molar-refractivity contribution in [1.29, 1.82) is 0 Å². The van der Waals surface area contributed by atoms with Crippen molar-refractivity contribution in [1.82, 2.24) is 0 Å². The summed E-state index contributed by atoms with van der Waals surface area (Å²) in [4.78, 5) is 42.0. The molecule has 0 aliphatic rings. The van der Waals surface area contributed by atoms with Crippen molar-refractivity contribution < 1.29 is 38.9 Å². The molecule has 0 aromatic heterocycles. The standard InChI is InChI=1S/C8H10O8/c1-3(9)15-5(7(11)12)6(8(13)14)16-4(2)10/h5-6H,1-2H3,(H,11,12)(H,13,14)/p-2. The van der Waals surface area contributed by atoms with Gasteiger partial charge in [-0.1, -0.05) is 0 Å². The van der Waals surface area contributed by atoms with Crippen LogP contribution in [0.4, 0.5) is 0 Å². The van der Waals surface area contributed by atoms with Crippen LogP contribution < -0.4 is 10.2 Å². The van der Waals surface area contributed by atoms with Crippen LogP contribution in [0.3, 0.4) is 0 Å². The van der Waals surface area contributed by atoms with Gasteiger partial charge in [0.2, 0.25) is 0 Å². The summed E-state index contributed by atoms with van der Waals surface area (Å²) in [6.07, 6.45) is -4.49. The van der Waals surface area contributed by atoms with E-state index in [9.17, 15) is 29.4 Å². The molecule has 0 saturated heterocycles. The molecule has 16 heavy (non-hydrogen) atoms. The lowest BCUT2D eigenvalue weighted by Gasteiger charge is -2.27. The molecular formula is C8H8O8-2. The highest BCUT2D eigenvalue weighted by Crippen LogP contribution is 2.04. The second-order valence-corrected chi connectivity index (χ2v) is 2.70. The summed E-state index contributed by atoms with van der Waals surface area (Å²) in [5, 5.41) is 21.0. The van der Waals surface area contributed by atoms with E-state index >= 15 is 0 Å². The Bertz CT molecular complexity index is 288. The summed E-state index contributed by atoms with van der Waals surface area (Å²) >= 11 is 0. The molecule has 0 aliphatic carbocycles. The Kier molecular flexibility index (Phi) is 4.93. The largest absolute Gasteiger partial charge is 0.546 e. The molecule has 2 atom stereocenters. The maximum atomic E-state index is 10.5. The Morgan fingerprint density at radius 2 is 1.06 bits per heavy atom. The van der Waals surface area contributed by atoms with Gasteiger partial charge >= 0.3 is 11.9 Å². The molecule has 8 nitrogen and oxygen atoms in total. The maximum absolute atomic E-state index is 10.5. The van der Waals surface area contributed by atoms with Crippen molar-refractivity contribution in [2.75, 3.05) is 0 Å². The lowest BCUT2D eigenvalue weighted by molar-refractivity contribution is -0.334. The summed E-state index contributed by atoms with van der Waals surface area (Å²) in [6, 6.07) is 0. The van der Waals surface area contributed by atoms with E-state index in [1.165, 1.54) is 0 Å². The summed E-state index contributed by atoms with van der Waals surface area (Å²) in [7, 11) is 0. The highest BCUT2D eigenvalue weighted by atomic mass is 16.6. The molecule has 0 aliphatic heterocycles. The zero-order valence-corrected chi connectivity index (χ0v) is 8.42. The van der Waals surface area contributed by atoms with Crippen LogP contribution >= 0.6 is 0 Å². The lowest BCUT2D eigenvalue weighted by atomic mass is 10.2. The van der Waals surface area contributed by atoms with Crippen molar-refractivity contribution >= 4 is 23.9 Å². The van der Waals surface area contributed by atoms with Crippen LogP contribution in [0.25, 0.3) is 0 Å². The molecule has 90 valence electrons. The van der Waals surface area contributed by atoms with Gasteiger partial charge in [0.25, 0.3) is 0 Å². The number of aliphatic carboxylic acids is 2. The molecule has 0 saturated carbocycles. The Morgan fingerprint density at radius 1 is 0.812 bits per heavy atom. The number of carbonyl (C=O) groups is 4. The normalized spacial score (nSPS) is 13.4. The second kappa shape index (κ2) is 5.69. The van der Waals surface area contributed by atoms with Gasteiger partial charge in [0, 0.05) is 13.8 Å². The maximum Gasteiger partial charge on any atom is 0.303 e. The fourth-order valence-electron chi connectivity index (χ4n) is 0.825. The van der Waals surface area contributed by atoms with Crippen molar-refractivity contribution in [3.8, 4) is 0 Å². The predicted octanol–water partition coefficient (Wildman–Crippen LogP) is -3.65. The first-order valence-electron chi connectivity index (χ1n) is 4.02. The van der Waals surface area contributed by atoms with E-state index in [0.717, 1.165) is 13.8 Å². The smallest absolute Gasteiger partial charge is 0.303 e. The summed E-state index contributed by atoms with van der Waals surface area (Å²) in [5.41, 5.74) is 0. The minimum absolute atomic E-state index is 0.857. The highest BCUT2D eigenvalue weighted by molar-refractivity contribution is 5.85. The van der Waals surface area contributed by atoms with E-state index in [1.54, 1.807) is 0 Å². The van der Waals surface area contributed by atoms with Crippen molar-refractivity contribution in [2.45, 2.75) is 26.1 Å². The molecule has 0 spiro atoms. The van der Waals surface area contributed by atoms with E-state index in [1.807, 2.05) is 0 Å². The van der Waals surface area contributed by atoms with Gasteiger partial charge in [-0.25, -0.2) is 0 Å². The highest BCUT2D eigenvalue weighted by Gasteiger charge is 2.29. The van der Waals surface area contributed by atoms with Crippen LogP contribution in [0.1, 0.15) is 13.8 Å². The number of carboxylic acids is 2. The third kappa shape index (κ3) is 4.40. The fraction of sp³-hybridized carbons (Fsp3) is 0.500. The molecule has 8 heteroatoms. The molecule has 0 bridgehead atoms. The average Bonchev–Trinajstić information content (AvgIpc) is 2.09. The number of carbonyl (C=O) groups excluding carboxylic acids is 4. The molecule has 0 aromatic carbocycles. The van der Waals surface area contributed by atoms with Crippen LogP contribution in [0.5, 0.6) is 0 Å². The monoisotopic (exact) mass is 232 g/mol. The van der Waals surface area contributed by atoms with Crippen molar-refractivity contribution in [3.63, 3.8) is 0 Å². The van der Waals surface area contributed by atoms with Gasteiger partial charge in [0.05, 0.1) is 11.9 Å². The number of ether oxygens (including phenoxy) is 2. The third-order valence-corrected chi connectivity index (χ3v) is 1.33. The summed E-state index contributed by atoms with van der Waals surface area (Å²) in [6.45, 7) is 1.71. The first kappa shape index (κ1) is 13.9. The molecule has 0 fully saturated rings. The second-order valence-electron chi connectivity index (χ2n) is 2.70. The molecule has 0 N–H and O–H groups in total. The minimum Gasteiger partial charge on any atom is -0.546 e. The number of rotatable bonds is 5. The summed E-state index contributed by atoms with van der Waals surface area (Å²) < 4.78 is 8.27. The number of esters is 2. The molecular weight excluding hydrogens is 224 g/mol. The topological polar surface area (TPSA) is 133 Å². The van der Waals surface area contributed by atoms with Crippen LogP contribution in [-0.4, -0.2) is 36.1 Å². The predicted molar refractivity (Wildman–Crippen MR) is 41.1 cm³/mol. The van der Waals surface area contributed by atoms with Crippen LogP contribution in [0, 0.1) is 0 Å². The Labute approximate surface area is 89.8 Å². The van der Waals surface area contributed by atoms with Crippen LogP contribution in [0.15, 0.2) is 0 Å². The Morgan fingerprint density at radius 3 is 1.19 bits per heavy atom. The quantitative estimate of drug-likeness (QED) is 0.443. The van der Waals surface area contributed by atoms with Crippen molar-refractivity contribution in [2.24, 2.45) is 0 Å². The minimum atomic E-state index is -2.24. The molecule has 0 amide bonds. The van der Waals surface area contributed by atoms with E-state index in [4.69, 9.17) is 0 Å². The molecule has 0 heterocycles. The van der Waals surface area contributed by atoms with Gasteiger partial charge in [0.15, 0.2) is 12.2 Å². The Hall–Kier alpha value is -2.12. The van der Waals surface area contributed by atoms with Crippen molar-refractivity contribution in [3.05, 3.63) is 0 Å². The van der Waals surface area contributed by atoms with Crippen LogP contribution in [0.2, 0.25) is 0 Å². The van der Waals surface area contributed by atoms with Gasteiger partial charge in [-0.15, -0.1) is 0 Å². The van der Waals surface area contributed by atoms with Gasteiger partial charge in [-0.3, -0.25) is 9.59 Å². The third-order valence-electron chi connectivity index (χ3n) is 1.33. The van der Waals surface area contributed by atoms with E-state index < -0.39 is 36.1 Å². The van der Waals surface area contributed by atoms with E-state index in [-0.39, 0.29) is 0 Å².